The topological polar surface area (TPSA) is 99.0 Å². The van der Waals surface area contributed by atoms with Gasteiger partial charge in [-0.3, -0.25) is 9.69 Å². The van der Waals surface area contributed by atoms with Gasteiger partial charge in [0.25, 0.3) is 0 Å². The molecule has 0 aliphatic carbocycles. The molecule has 2 aromatic carbocycles. The first kappa shape index (κ1) is 25.5. The Balaban J connectivity index is 1.25. The summed E-state index contributed by atoms with van der Waals surface area (Å²) in [6.07, 6.45) is 3.63. The summed E-state index contributed by atoms with van der Waals surface area (Å²) >= 11 is 0. The van der Waals surface area contributed by atoms with E-state index in [0.717, 1.165) is 43.5 Å². The van der Waals surface area contributed by atoms with Gasteiger partial charge in [0, 0.05) is 18.7 Å². The molecule has 1 atom stereocenters. The molecular formula is C27H34N4O5. The zero-order chi connectivity index (χ0) is 25.3. The van der Waals surface area contributed by atoms with Crippen LogP contribution >= 0.6 is 0 Å². The van der Waals surface area contributed by atoms with E-state index in [1.54, 1.807) is 21.3 Å². The van der Waals surface area contributed by atoms with Crippen molar-refractivity contribution in [1.29, 1.82) is 0 Å². The maximum Gasteiger partial charge on any atom is 0.241 e. The number of hydrogen-bond acceptors (Lipinski definition) is 8. The number of ether oxygens (including phenoxy) is 3. The van der Waals surface area contributed by atoms with Gasteiger partial charge in [0.15, 0.2) is 11.5 Å². The summed E-state index contributed by atoms with van der Waals surface area (Å²) in [4.78, 5) is 19.5. The van der Waals surface area contributed by atoms with E-state index in [9.17, 15) is 4.79 Å². The maximum absolute atomic E-state index is 12.8. The van der Waals surface area contributed by atoms with E-state index in [1.807, 2.05) is 36.4 Å². The molecule has 1 saturated heterocycles. The average molecular weight is 495 g/mol. The van der Waals surface area contributed by atoms with Crippen molar-refractivity contribution in [2.75, 3.05) is 41.0 Å². The molecular weight excluding hydrogens is 460 g/mol. The Hall–Kier alpha value is -3.59. The van der Waals surface area contributed by atoms with Gasteiger partial charge in [-0.1, -0.05) is 17.3 Å². The average Bonchev–Trinajstić information content (AvgIpc) is 3.39. The number of rotatable bonds is 11. The van der Waals surface area contributed by atoms with Gasteiger partial charge in [0.05, 0.1) is 33.8 Å². The minimum absolute atomic E-state index is 0.0381. The minimum Gasteiger partial charge on any atom is -0.497 e. The zero-order valence-electron chi connectivity index (χ0n) is 21.2. The number of aromatic nitrogens is 2. The maximum atomic E-state index is 12.8. The van der Waals surface area contributed by atoms with Crippen LogP contribution in [0, 0.1) is 5.92 Å². The van der Waals surface area contributed by atoms with E-state index < -0.39 is 0 Å². The van der Waals surface area contributed by atoms with Crippen molar-refractivity contribution in [1.82, 2.24) is 20.4 Å². The fraction of sp³-hybridized carbons (Fsp3) is 0.444. The molecule has 1 aliphatic heterocycles. The Labute approximate surface area is 211 Å². The van der Waals surface area contributed by atoms with E-state index in [2.05, 4.69) is 26.4 Å². The Kier molecular flexibility index (Phi) is 8.78. The van der Waals surface area contributed by atoms with Crippen LogP contribution in [0.3, 0.4) is 0 Å². The van der Waals surface area contributed by atoms with Crippen LogP contribution in [-0.4, -0.2) is 61.9 Å². The first-order chi connectivity index (χ1) is 17.6. The molecule has 0 radical (unpaired) electrons. The van der Waals surface area contributed by atoms with Gasteiger partial charge >= 0.3 is 0 Å². The van der Waals surface area contributed by atoms with E-state index in [1.165, 1.54) is 5.56 Å². The standard InChI is InChI=1S/C27H34N4O5/c1-33-22-10-4-7-19(15-22)8-5-13-28-27(32)21-9-6-14-31(17-21)18-25-29-26(30-36-25)20-11-12-23(34-2)24(16-20)35-3/h4,7,10-12,15-16,21H,5-6,8-9,13-14,17-18H2,1-3H3,(H,28,32). The van der Waals surface area contributed by atoms with Crippen LogP contribution < -0.4 is 19.5 Å². The highest BCUT2D eigenvalue weighted by Gasteiger charge is 2.26. The van der Waals surface area contributed by atoms with Crippen LogP contribution in [-0.2, 0) is 17.8 Å². The van der Waals surface area contributed by atoms with Crippen LogP contribution in [0.5, 0.6) is 17.2 Å². The first-order valence-corrected chi connectivity index (χ1v) is 12.3. The molecule has 1 unspecified atom stereocenters. The van der Waals surface area contributed by atoms with Gasteiger partial charge in [0.2, 0.25) is 17.6 Å². The first-order valence-electron chi connectivity index (χ1n) is 12.3. The number of aryl methyl sites for hydroxylation is 1. The molecule has 9 heteroatoms. The zero-order valence-corrected chi connectivity index (χ0v) is 21.2. The minimum atomic E-state index is -0.0381. The van der Waals surface area contributed by atoms with Crippen LogP contribution in [0.1, 0.15) is 30.7 Å². The molecule has 9 nitrogen and oxygen atoms in total. The number of carbonyl (C=O) groups is 1. The molecule has 1 aromatic heterocycles. The largest absolute Gasteiger partial charge is 0.497 e. The Morgan fingerprint density at radius 3 is 2.78 bits per heavy atom. The molecule has 192 valence electrons. The Morgan fingerprint density at radius 2 is 1.97 bits per heavy atom. The van der Waals surface area contributed by atoms with Gasteiger partial charge in [-0.15, -0.1) is 0 Å². The third-order valence-corrected chi connectivity index (χ3v) is 6.42. The molecule has 3 aromatic rings. The summed E-state index contributed by atoms with van der Waals surface area (Å²) in [5.41, 5.74) is 1.99. The number of nitrogens with one attached hydrogen (secondary N) is 1. The summed E-state index contributed by atoms with van der Waals surface area (Å²) in [7, 11) is 4.86. The van der Waals surface area contributed by atoms with Crippen molar-refractivity contribution in [2.24, 2.45) is 5.92 Å². The van der Waals surface area contributed by atoms with Crippen LogP contribution in [0.2, 0.25) is 0 Å². The van der Waals surface area contributed by atoms with Crippen LogP contribution in [0.4, 0.5) is 0 Å². The third-order valence-electron chi connectivity index (χ3n) is 6.42. The lowest BCUT2D eigenvalue weighted by atomic mass is 9.97. The van der Waals surface area contributed by atoms with Crippen molar-refractivity contribution in [2.45, 2.75) is 32.2 Å². The van der Waals surface area contributed by atoms with E-state index in [0.29, 0.717) is 42.8 Å². The van der Waals surface area contributed by atoms with E-state index in [4.69, 9.17) is 18.7 Å². The van der Waals surface area contributed by atoms with Crippen molar-refractivity contribution in [3.63, 3.8) is 0 Å². The Bertz CT molecular complexity index is 1150. The lowest BCUT2D eigenvalue weighted by molar-refractivity contribution is -0.126. The summed E-state index contributed by atoms with van der Waals surface area (Å²) in [6.45, 7) is 2.74. The third kappa shape index (κ3) is 6.54. The van der Waals surface area contributed by atoms with Crippen molar-refractivity contribution in [3.05, 3.63) is 53.9 Å². The van der Waals surface area contributed by atoms with Crippen LogP contribution in [0.25, 0.3) is 11.4 Å². The van der Waals surface area contributed by atoms with Crippen molar-refractivity contribution < 1.29 is 23.5 Å². The second kappa shape index (κ2) is 12.4. The summed E-state index contributed by atoms with van der Waals surface area (Å²) in [6, 6.07) is 13.5. The molecule has 36 heavy (non-hydrogen) atoms. The monoisotopic (exact) mass is 494 g/mol. The molecule has 1 aliphatic rings. The highest BCUT2D eigenvalue weighted by Crippen LogP contribution is 2.31. The van der Waals surface area contributed by atoms with Gasteiger partial charge in [-0.2, -0.15) is 4.98 Å². The SMILES string of the molecule is COc1cccc(CCCNC(=O)C2CCCN(Cc3nc(-c4ccc(OC)c(OC)c4)no3)C2)c1. The number of nitrogens with zero attached hydrogens (tertiary/aromatic N) is 3. The smallest absolute Gasteiger partial charge is 0.241 e. The predicted molar refractivity (Wildman–Crippen MR) is 135 cm³/mol. The number of benzene rings is 2. The number of methoxy groups -OCH3 is 3. The lowest BCUT2D eigenvalue weighted by Gasteiger charge is -2.30. The molecule has 0 saturated carbocycles. The quantitative estimate of drug-likeness (QED) is 0.403. The molecule has 0 bridgehead atoms. The molecule has 0 spiro atoms. The highest BCUT2D eigenvalue weighted by atomic mass is 16.5. The summed E-state index contributed by atoms with van der Waals surface area (Å²) in [5.74, 6) is 3.20. The molecule has 2 heterocycles. The van der Waals surface area contributed by atoms with Crippen molar-refractivity contribution in [3.8, 4) is 28.6 Å². The van der Waals surface area contributed by atoms with Gasteiger partial charge in [-0.25, -0.2) is 0 Å². The fourth-order valence-corrected chi connectivity index (χ4v) is 4.49. The molecule has 4 rings (SSSR count). The molecule has 1 N–H and O–H groups in total. The second-order valence-corrected chi connectivity index (χ2v) is 8.90. The Morgan fingerprint density at radius 1 is 1.11 bits per heavy atom. The fourth-order valence-electron chi connectivity index (χ4n) is 4.49. The van der Waals surface area contributed by atoms with E-state index >= 15 is 0 Å². The number of hydrogen-bond donors (Lipinski definition) is 1. The van der Waals surface area contributed by atoms with E-state index in [-0.39, 0.29) is 11.8 Å². The molecule has 1 amide bonds. The number of likely N-dealkylation sites (tertiary alicyclic amines) is 1. The summed E-state index contributed by atoms with van der Waals surface area (Å²) in [5, 5.41) is 7.24. The normalized spacial score (nSPS) is 15.9. The van der Waals surface area contributed by atoms with Crippen LogP contribution in [0.15, 0.2) is 47.0 Å². The van der Waals surface area contributed by atoms with Crippen molar-refractivity contribution >= 4 is 5.91 Å². The second-order valence-electron chi connectivity index (χ2n) is 8.90. The van der Waals surface area contributed by atoms with Gasteiger partial charge < -0.3 is 24.1 Å². The number of piperidine rings is 1. The number of carbonyl (C=O) groups excluding carboxylic acids is 1. The molecule has 1 fully saturated rings. The summed E-state index contributed by atoms with van der Waals surface area (Å²) < 4.78 is 21.4. The van der Waals surface area contributed by atoms with Gasteiger partial charge in [0.1, 0.15) is 5.75 Å². The van der Waals surface area contributed by atoms with Gasteiger partial charge in [-0.05, 0) is 68.1 Å². The lowest BCUT2D eigenvalue weighted by Crippen LogP contribution is -2.43. The highest BCUT2D eigenvalue weighted by molar-refractivity contribution is 5.78. The predicted octanol–water partition coefficient (Wildman–Crippen LogP) is 3.72. The number of amides is 1.